The molecule has 0 bridgehead atoms. The lowest BCUT2D eigenvalue weighted by molar-refractivity contribution is -0.137. The van der Waals surface area contributed by atoms with Gasteiger partial charge in [0.1, 0.15) is 11.9 Å². The minimum Gasteiger partial charge on any atom is -0.369 e. The molecule has 3 amide bonds. The van der Waals surface area contributed by atoms with Crippen molar-refractivity contribution < 1.29 is 14.4 Å². The fourth-order valence-corrected chi connectivity index (χ4v) is 4.18. The van der Waals surface area contributed by atoms with Crippen LogP contribution < -0.4 is 26.6 Å². The number of hydrogen-bond acceptors (Lipinski definition) is 8. The number of aromatic nitrogens is 2. The third kappa shape index (κ3) is 7.36. The van der Waals surface area contributed by atoms with E-state index in [0.717, 1.165) is 31.6 Å². The average molecular weight is 545 g/mol. The Morgan fingerprint density at radius 2 is 1.94 bits per heavy atom. The highest BCUT2D eigenvalue weighted by molar-refractivity contribution is 9.10. The predicted molar refractivity (Wildman–Crippen MR) is 136 cm³/mol. The van der Waals surface area contributed by atoms with E-state index in [2.05, 4.69) is 57.4 Å². The molecule has 0 saturated carbocycles. The Balaban J connectivity index is 1.24. The van der Waals surface area contributed by atoms with Crippen LogP contribution in [0, 0.1) is 0 Å². The molecule has 11 nitrogen and oxygen atoms in total. The number of carbonyl (C=O) groups excluding carboxylic acids is 3. The summed E-state index contributed by atoms with van der Waals surface area (Å²) in [5.41, 5.74) is 1.46. The third-order valence-electron chi connectivity index (χ3n) is 5.70. The lowest BCUT2D eigenvalue weighted by Gasteiger charge is -2.25. The van der Waals surface area contributed by atoms with Crippen molar-refractivity contribution in [2.45, 2.75) is 31.7 Å². The second kappa shape index (κ2) is 11.9. The van der Waals surface area contributed by atoms with E-state index in [4.69, 9.17) is 0 Å². The van der Waals surface area contributed by atoms with Crippen molar-refractivity contribution in [3.63, 3.8) is 0 Å². The van der Waals surface area contributed by atoms with Crippen LogP contribution in [-0.2, 0) is 14.4 Å². The standard InChI is InChI=1S/C23H29BrN8O3/c24-17-13-27-23(31-21(17)25-7-4-8-26-22(35)18-12-19(33)30-18)29-16-6-3-5-15(11-16)28-20(34)14-32-9-1-2-10-32/h3,5-6,11,13,18H,1-2,4,7-10,12,14H2,(H,26,35)(H,28,34)(H,30,33)(H2,25,27,29,31)/t18-/m0/s1. The molecule has 1 aromatic heterocycles. The van der Waals surface area contributed by atoms with E-state index in [1.807, 2.05) is 24.3 Å². The number of anilines is 4. The molecule has 1 atom stereocenters. The fourth-order valence-electron chi connectivity index (χ4n) is 3.85. The lowest BCUT2D eigenvalue weighted by atomic mass is 10.1. The monoisotopic (exact) mass is 544 g/mol. The van der Waals surface area contributed by atoms with Gasteiger partial charge in [0.25, 0.3) is 0 Å². The molecule has 0 spiro atoms. The predicted octanol–water partition coefficient (Wildman–Crippen LogP) is 1.82. The molecule has 2 aliphatic heterocycles. The summed E-state index contributed by atoms with van der Waals surface area (Å²) >= 11 is 3.45. The molecule has 0 unspecified atom stereocenters. The first-order chi connectivity index (χ1) is 17.0. The van der Waals surface area contributed by atoms with Crippen molar-refractivity contribution in [1.82, 2.24) is 25.5 Å². The maximum absolute atomic E-state index is 12.3. The summed E-state index contributed by atoms with van der Waals surface area (Å²) in [6.07, 6.45) is 4.88. The number of β-lactam (4-membered cyclic amide) rings is 1. The molecule has 2 fully saturated rings. The molecule has 186 valence electrons. The van der Waals surface area contributed by atoms with Crippen molar-refractivity contribution in [3.05, 3.63) is 34.9 Å². The lowest BCUT2D eigenvalue weighted by Crippen LogP contribution is -2.57. The Labute approximate surface area is 212 Å². The Kier molecular flexibility index (Phi) is 8.48. The van der Waals surface area contributed by atoms with Gasteiger partial charge in [-0.2, -0.15) is 4.98 Å². The third-order valence-corrected chi connectivity index (χ3v) is 6.28. The number of halogens is 1. The second-order valence-corrected chi connectivity index (χ2v) is 9.38. The number of benzene rings is 1. The highest BCUT2D eigenvalue weighted by atomic mass is 79.9. The van der Waals surface area contributed by atoms with Crippen molar-refractivity contribution >= 4 is 56.8 Å². The van der Waals surface area contributed by atoms with Gasteiger partial charge in [-0.25, -0.2) is 4.98 Å². The van der Waals surface area contributed by atoms with Gasteiger partial charge in [0, 0.05) is 30.7 Å². The van der Waals surface area contributed by atoms with Gasteiger partial charge in [-0.05, 0) is 66.5 Å². The van der Waals surface area contributed by atoms with Crippen molar-refractivity contribution in [2.75, 3.05) is 48.7 Å². The van der Waals surface area contributed by atoms with E-state index in [1.54, 1.807) is 6.20 Å². The van der Waals surface area contributed by atoms with Gasteiger partial charge in [-0.1, -0.05) is 6.07 Å². The van der Waals surface area contributed by atoms with Gasteiger partial charge in [-0.15, -0.1) is 0 Å². The molecule has 35 heavy (non-hydrogen) atoms. The zero-order valence-corrected chi connectivity index (χ0v) is 20.9. The largest absolute Gasteiger partial charge is 0.369 e. The maximum Gasteiger partial charge on any atom is 0.243 e. The molecule has 2 aromatic rings. The van der Waals surface area contributed by atoms with Crippen LogP contribution in [-0.4, -0.2) is 71.4 Å². The summed E-state index contributed by atoms with van der Waals surface area (Å²) in [7, 11) is 0. The number of carbonyl (C=O) groups is 3. The topological polar surface area (TPSA) is 140 Å². The van der Waals surface area contributed by atoms with E-state index in [1.165, 1.54) is 0 Å². The summed E-state index contributed by atoms with van der Waals surface area (Å²) in [4.78, 5) is 46.0. The van der Waals surface area contributed by atoms with Crippen LogP contribution in [0.15, 0.2) is 34.9 Å². The zero-order chi connectivity index (χ0) is 24.6. The van der Waals surface area contributed by atoms with Gasteiger partial charge in [0.2, 0.25) is 23.7 Å². The van der Waals surface area contributed by atoms with E-state index in [0.29, 0.717) is 48.0 Å². The summed E-state index contributed by atoms with van der Waals surface area (Å²) < 4.78 is 0.715. The van der Waals surface area contributed by atoms with Crippen LogP contribution in [0.1, 0.15) is 25.7 Å². The summed E-state index contributed by atoms with van der Waals surface area (Å²) in [5, 5.41) is 14.7. The SMILES string of the molecule is O=C(CN1CCCC1)Nc1cccc(Nc2ncc(Br)c(NCCCNC(=O)[C@@H]3CC(=O)N3)n2)c1. The molecule has 0 radical (unpaired) electrons. The van der Waals surface area contributed by atoms with Gasteiger partial charge in [0.15, 0.2) is 0 Å². The Hall–Kier alpha value is -3.25. The van der Waals surface area contributed by atoms with Crippen LogP contribution >= 0.6 is 15.9 Å². The Morgan fingerprint density at radius 1 is 1.17 bits per heavy atom. The normalized spacial score (nSPS) is 17.3. The average Bonchev–Trinajstić information content (AvgIpc) is 3.31. The van der Waals surface area contributed by atoms with Crippen LogP contribution in [0.5, 0.6) is 0 Å². The summed E-state index contributed by atoms with van der Waals surface area (Å²) in [5.74, 6) is 0.747. The van der Waals surface area contributed by atoms with Crippen molar-refractivity contribution in [3.8, 4) is 0 Å². The van der Waals surface area contributed by atoms with Crippen LogP contribution in [0.2, 0.25) is 0 Å². The molecule has 3 heterocycles. The van der Waals surface area contributed by atoms with Gasteiger partial charge in [0.05, 0.1) is 17.4 Å². The minimum atomic E-state index is -0.406. The molecule has 4 rings (SSSR count). The number of hydrogen-bond donors (Lipinski definition) is 5. The number of rotatable bonds is 11. The molecule has 0 aliphatic carbocycles. The van der Waals surface area contributed by atoms with E-state index >= 15 is 0 Å². The van der Waals surface area contributed by atoms with Gasteiger partial charge < -0.3 is 26.6 Å². The number of likely N-dealkylation sites (tertiary alicyclic amines) is 1. The summed E-state index contributed by atoms with van der Waals surface area (Å²) in [6, 6.07) is 7.02. The Bertz CT molecular complexity index is 1070. The molecule has 5 N–H and O–H groups in total. The van der Waals surface area contributed by atoms with E-state index < -0.39 is 6.04 Å². The van der Waals surface area contributed by atoms with Crippen molar-refractivity contribution in [1.29, 1.82) is 0 Å². The van der Waals surface area contributed by atoms with Gasteiger partial charge >= 0.3 is 0 Å². The summed E-state index contributed by atoms with van der Waals surface area (Å²) in [6.45, 7) is 3.43. The van der Waals surface area contributed by atoms with Crippen LogP contribution in [0.4, 0.5) is 23.1 Å². The van der Waals surface area contributed by atoms with Crippen LogP contribution in [0.25, 0.3) is 0 Å². The molecule has 12 heteroatoms. The second-order valence-electron chi connectivity index (χ2n) is 8.52. The molecular weight excluding hydrogens is 516 g/mol. The molecule has 2 saturated heterocycles. The maximum atomic E-state index is 12.3. The molecule has 1 aromatic carbocycles. The zero-order valence-electron chi connectivity index (χ0n) is 19.3. The Morgan fingerprint density at radius 3 is 2.71 bits per heavy atom. The first-order valence-electron chi connectivity index (χ1n) is 11.7. The van der Waals surface area contributed by atoms with E-state index in [9.17, 15) is 14.4 Å². The number of amides is 3. The fraction of sp³-hybridized carbons (Fsp3) is 0.435. The van der Waals surface area contributed by atoms with Crippen LogP contribution in [0.3, 0.4) is 0 Å². The highest BCUT2D eigenvalue weighted by Crippen LogP contribution is 2.23. The molecule has 2 aliphatic rings. The molecular formula is C23H29BrN8O3. The first kappa shape index (κ1) is 24.9. The van der Waals surface area contributed by atoms with Gasteiger partial charge in [-0.3, -0.25) is 19.3 Å². The number of nitrogens with zero attached hydrogens (tertiary/aromatic N) is 3. The highest BCUT2D eigenvalue weighted by Gasteiger charge is 2.31. The number of nitrogens with one attached hydrogen (secondary N) is 5. The van der Waals surface area contributed by atoms with Crippen molar-refractivity contribution in [2.24, 2.45) is 0 Å². The first-order valence-corrected chi connectivity index (χ1v) is 12.5. The quantitative estimate of drug-likeness (QED) is 0.213. The smallest absolute Gasteiger partial charge is 0.243 e. The van der Waals surface area contributed by atoms with E-state index in [-0.39, 0.29) is 24.1 Å². The minimum absolute atomic E-state index is 0.0240.